The number of hydrogen-bond acceptors (Lipinski definition) is 8. The van der Waals surface area contributed by atoms with Crippen LogP contribution in [0.3, 0.4) is 0 Å². The summed E-state index contributed by atoms with van der Waals surface area (Å²) >= 11 is 1.29. The first kappa shape index (κ1) is 25.6. The number of carbonyl (C=O) groups excluding carboxylic acids is 2. The number of hydrogen-bond donors (Lipinski definition) is 2. The van der Waals surface area contributed by atoms with Crippen molar-refractivity contribution in [3.8, 4) is 0 Å². The number of aliphatic carboxylic acids is 1. The fourth-order valence-corrected chi connectivity index (χ4v) is 5.87. The number of amides is 2. The number of nitrogens with zero attached hydrogens (tertiary/aromatic N) is 3. The maximum atomic E-state index is 13.6. The summed E-state index contributed by atoms with van der Waals surface area (Å²) in [4.78, 5) is 55.9. The van der Waals surface area contributed by atoms with Crippen LogP contribution in [0.25, 0.3) is 0 Å². The Hall–Kier alpha value is -3.44. The predicted octanol–water partition coefficient (Wildman–Crippen LogP) is 3.50. The van der Waals surface area contributed by atoms with Crippen molar-refractivity contribution < 1.29 is 24.4 Å². The van der Waals surface area contributed by atoms with Crippen molar-refractivity contribution in [2.45, 2.75) is 50.6 Å². The van der Waals surface area contributed by atoms with E-state index in [4.69, 9.17) is 0 Å². The van der Waals surface area contributed by atoms with Crippen molar-refractivity contribution in [2.24, 2.45) is 11.8 Å². The number of thiazole rings is 1. The molecule has 1 aromatic carbocycles. The van der Waals surface area contributed by atoms with Gasteiger partial charge in [0, 0.05) is 36.7 Å². The molecule has 0 saturated carbocycles. The summed E-state index contributed by atoms with van der Waals surface area (Å²) in [5, 5.41) is 26.8. The highest BCUT2D eigenvalue weighted by molar-refractivity contribution is 7.09. The molecule has 0 bridgehead atoms. The SMILES string of the molecule is CCCC/C=C/CCN1C(=O)C2C(c3nccs3)NC(Cc3ccc([N+](=O)[O-])cc3)(C(=O)O)C2C1=O. The number of imide groups is 1. The lowest BCUT2D eigenvalue weighted by Crippen LogP contribution is -2.57. The van der Waals surface area contributed by atoms with Crippen LogP contribution < -0.4 is 5.32 Å². The van der Waals surface area contributed by atoms with Gasteiger partial charge >= 0.3 is 5.97 Å². The minimum absolute atomic E-state index is 0.118. The summed E-state index contributed by atoms with van der Waals surface area (Å²) in [6.45, 7) is 2.29. The van der Waals surface area contributed by atoms with Gasteiger partial charge in [-0.2, -0.15) is 0 Å². The molecule has 2 fully saturated rings. The highest BCUT2D eigenvalue weighted by atomic mass is 32.1. The molecule has 4 atom stereocenters. The lowest BCUT2D eigenvalue weighted by Gasteiger charge is -2.31. The summed E-state index contributed by atoms with van der Waals surface area (Å²) in [5.41, 5.74) is -1.38. The molecule has 0 aliphatic carbocycles. The molecule has 190 valence electrons. The third-order valence-electron chi connectivity index (χ3n) is 6.89. The van der Waals surface area contributed by atoms with Crippen LogP contribution in [0.4, 0.5) is 5.69 Å². The van der Waals surface area contributed by atoms with E-state index in [1.807, 2.05) is 12.2 Å². The Labute approximate surface area is 212 Å². The summed E-state index contributed by atoms with van der Waals surface area (Å²) in [6.07, 6.45) is 9.01. The number of aromatic nitrogens is 1. The fraction of sp³-hybridized carbons (Fsp3) is 0.440. The van der Waals surface area contributed by atoms with E-state index >= 15 is 0 Å². The monoisotopic (exact) mass is 512 g/mol. The van der Waals surface area contributed by atoms with Gasteiger partial charge in [-0.25, -0.2) is 4.98 Å². The Bertz CT molecular complexity index is 1170. The van der Waals surface area contributed by atoms with Gasteiger partial charge in [-0.15, -0.1) is 11.3 Å². The zero-order valence-electron chi connectivity index (χ0n) is 19.8. The van der Waals surface area contributed by atoms with Crippen molar-refractivity contribution in [2.75, 3.05) is 6.54 Å². The van der Waals surface area contributed by atoms with Gasteiger partial charge < -0.3 is 5.11 Å². The zero-order chi connectivity index (χ0) is 25.9. The number of carboxylic acid groups (broad SMARTS) is 1. The molecule has 3 heterocycles. The Morgan fingerprint density at radius 3 is 2.58 bits per heavy atom. The van der Waals surface area contributed by atoms with Crippen molar-refractivity contribution in [1.82, 2.24) is 15.2 Å². The summed E-state index contributed by atoms with van der Waals surface area (Å²) in [5.74, 6) is -4.19. The van der Waals surface area contributed by atoms with Crippen molar-refractivity contribution in [1.29, 1.82) is 0 Å². The Kier molecular flexibility index (Phi) is 7.60. The predicted molar refractivity (Wildman–Crippen MR) is 132 cm³/mol. The van der Waals surface area contributed by atoms with Crippen LogP contribution in [0.1, 0.15) is 49.2 Å². The fourth-order valence-electron chi connectivity index (χ4n) is 5.14. The summed E-state index contributed by atoms with van der Waals surface area (Å²) < 4.78 is 0. The maximum Gasteiger partial charge on any atom is 0.325 e. The molecule has 0 radical (unpaired) electrons. The number of nitro groups is 1. The van der Waals surface area contributed by atoms with Crippen molar-refractivity contribution in [3.05, 3.63) is 68.7 Å². The van der Waals surface area contributed by atoms with E-state index in [0.29, 0.717) is 17.0 Å². The lowest BCUT2D eigenvalue weighted by atomic mass is 9.76. The molecular formula is C25H28N4O6S. The average Bonchev–Trinajstić information content (AvgIpc) is 3.55. The lowest BCUT2D eigenvalue weighted by molar-refractivity contribution is -0.384. The molecule has 2 amide bonds. The van der Waals surface area contributed by atoms with Gasteiger partial charge in [0.15, 0.2) is 0 Å². The van der Waals surface area contributed by atoms with Crippen LogP contribution in [0.5, 0.6) is 0 Å². The Morgan fingerprint density at radius 2 is 1.97 bits per heavy atom. The van der Waals surface area contributed by atoms with Gasteiger partial charge in [0.25, 0.3) is 5.69 Å². The van der Waals surface area contributed by atoms with E-state index in [1.165, 1.54) is 40.5 Å². The normalized spacial score (nSPS) is 25.6. The molecular weight excluding hydrogens is 484 g/mol. The number of carbonyl (C=O) groups is 3. The van der Waals surface area contributed by atoms with Gasteiger partial charge in [0.05, 0.1) is 22.8 Å². The van der Waals surface area contributed by atoms with Crippen LogP contribution in [0, 0.1) is 22.0 Å². The highest BCUT2D eigenvalue weighted by Crippen LogP contribution is 2.50. The third-order valence-corrected chi connectivity index (χ3v) is 7.74. The van der Waals surface area contributed by atoms with E-state index in [1.54, 1.807) is 11.6 Å². The van der Waals surface area contributed by atoms with Crippen LogP contribution in [0.15, 0.2) is 48.0 Å². The molecule has 2 N–H and O–H groups in total. The first-order valence-corrected chi connectivity index (χ1v) is 12.8. The second kappa shape index (κ2) is 10.7. The van der Waals surface area contributed by atoms with Crippen LogP contribution in [-0.2, 0) is 20.8 Å². The molecule has 4 unspecified atom stereocenters. The molecule has 0 spiro atoms. The second-order valence-corrected chi connectivity index (χ2v) is 10.0. The number of unbranched alkanes of at least 4 members (excludes halogenated alkanes) is 2. The third kappa shape index (κ3) is 4.68. The maximum absolute atomic E-state index is 13.6. The number of benzene rings is 1. The van der Waals surface area contributed by atoms with Gasteiger partial charge in [0.1, 0.15) is 10.5 Å². The van der Waals surface area contributed by atoms with Gasteiger partial charge in [-0.05, 0) is 18.4 Å². The largest absolute Gasteiger partial charge is 0.480 e. The molecule has 2 aromatic rings. The van der Waals surface area contributed by atoms with Gasteiger partial charge in [-0.3, -0.25) is 34.7 Å². The molecule has 1 aromatic heterocycles. The Balaban J connectivity index is 1.66. The zero-order valence-corrected chi connectivity index (χ0v) is 20.6. The topological polar surface area (TPSA) is 143 Å². The molecule has 11 heteroatoms. The van der Waals surface area contributed by atoms with Crippen molar-refractivity contribution >= 4 is 34.8 Å². The molecule has 36 heavy (non-hydrogen) atoms. The quantitative estimate of drug-likeness (QED) is 0.153. The molecule has 2 saturated heterocycles. The van der Waals surface area contributed by atoms with E-state index in [0.717, 1.165) is 19.3 Å². The number of rotatable bonds is 11. The number of likely N-dealkylation sites (tertiary alicyclic amines) is 1. The van der Waals surface area contributed by atoms with E-state index in [2.05, 4.69) is 17.2 Å². The molecule has 10 nitrogen and oxygen atoms in total. The smallest absolute Gasteiger partial charge is 0.325 e. The number of nitro benzene ring substituents is 1. The number of carboxylic acids is 1. The summed E-state index contributed by atoms with van der Waals surface area (Å²) in [7, 11) is 0. The van der Waals surface area contributed by atoms with E-state index in [-0.39, 0.29) is 18.7 Å². The minimum atomic E-state index is -1.77. The first-order valence-electron chi connectivity index (χ1n) is 11.9. The average molecular weight is 513 g/mol. The standard InChI is InChI=1S/C25H28N4O6S/c1-2-3-4-5-6-7-13-28-22(30)18-19(23(28)31)25(24(32)33,27-20(18)21-26-12-14-36-21)15-16-8-10-17(11-9-16)29(34)35/h5-6,8-12,14,18-20,27H,2-4,7,13,15H2,1H3,(H,32,33)/b6-5+. The van der Waals surface area contributed by atoms with Gasteiger partial charge in [0.2, 0.25) is 11.8 Å². The number of allylic oxidation sites excluding steroid dienone is 1. The Morgan fingerprint density at radius 1 is 1.25 bits per heavy atom. The van der Waals surface area contributed by atoms with E-state index < -0.39 is 46.1 Å². The minimum Gasteiger partial charge on any atom is -0.480 e. The molecule has 4 rings (SSSR count). The highest BCUT2D eigenvalue weighted by Gasteiger charge is 2.68. The first-order chi connectivity index (χ1) is 17.3. The summed E-state index contributed by atoms with van der Waals surface area (Å²) in [6, 6.07) is 4.83. The second-order valence-electron chi connectivity index (χ2n) is 9.10. The van der Waals surface area contributed by atoms with Crippen molar-refractivity contribution in [3.63, 3.8) is 0 Å². The number of fused-ring (bicyclic) bond motifs is 1. The van der Waals surface area contributed by atoms with Crippen LogP contribution in [0.2, 0.25) is 0 Å². The van der Waals surface area contributed by atoms with E-state index in [9.17, 15) is 29.6 Å². The van der Waals surface area contributed by atoms with Crippen LogP contribution >= 0.6 is 11.3 Å². The number of nitrogens with one attached hydrogen (secondary N) is 1. The van der Waals surface area contributed by atoms with Crippen LogP contribution in [-0.4, -0.2) is 49.8 Å². The number of non-ortho nitro benzene ring substituents is 1. The molecule has 2 aliphatic heterocycles. The van der Waals surface area contributed by atoms with Gasteiger partial charge in [-0.1, -0.05) is 44.1 Å². The molecule has 2 aliphatic rings.